The Labute approximate surface area is 535 Å². The molecule has 8 nitrogen and oxygen atoms in total. The minimum absolute atomic E-state index is 0.00624. The predicted octanol–water partition coefficient (Wildman–Crippen LogP) is 23.3. The summed E-state index contributed by atoms with van der Waals surface area (Å²) >= 11 is 0. The van der Waals surface area contributed by atoms with Crippen molar-refractivity contribution >= 4 is 13.7 Å². The molecule has 0 heterocycles. The van der Waals surface area contributed by atoms with Gasteiger partial charge in [-0.2, -0.15) is 0 Å². The van der Waals surface area contributed by atoms with E-state index >= 15 is 0 Å². The summed E-state index contributed by atoms with van der Waals surface area (Å²) < 4.78 is 23.5. The average molecular weight is 1220 g/mol. The van der Waals surface area contributed by atoms with Crippen LogP contribution in [-0.4, -0.2) is 68.5 Å². The number of carbonyl (C=O) groups excluding carboxylic acids is 1. The summed E-state index contributed by atoms with van der Waals surface area (Å²) in [6.45, 7) is 4.56. The van der Waals surface area contributed by atoms with Crippen LogP contribution in [0.5, 0.6) is 0 Å². The normalized spacial score (nSPS) is 14.1. The highest BCUT2D eigenvalue weighted by Gasteiger charge is 2.23. The van der Waals surface area contributed by atoms with Gasteiger partial charge in [-0.15, -0.1) is 0 Å². The molecule has 0 saturated carbocycles. The highest BCUT2D eigenvalue weighted by Crippen LogP contribution is 2.38. The maximum atomic E-state index is 13.0. The van der Waals surface area contributed by atoms with Crippen LogP contribution in [0.2, 0.25) is 0 Å². The predicted molar refractivity (Wildman–Crippen MR) is 376 cm³/mol. The number of phosphoric acid groups is 1. The minimum atomic E-state index is -4.61. The van der Waals surface area contributed by atoms with Gasteiger partial charge in [-0.3, -0.25) is 9.36 Å². The van der Waals surface area contributed by atoms with E-state index in [9.17, 15) is 19.4 Å². The Hall–Kier alpha value is -2.32. The summed E-state index contributed by atoms with van der Waals surface area (Å²) in [6, 6.07) is -0.906. The number of hydrogen-bond acceptors (Lipinski definition) is 6. The lowest BCUT2D eigenvalue weighted by molar-refractivity contribution is -0.870. The number of allylic oxidation sites excluding steroid dienone is 13. The number of aliphatic hydroxyl groups is 1. The fourth-order valence-electron chi connectivity index (χ4n) is 10.9. The van der Waals surface area contributed by atoms with Crippen LogP contribution in [0.25, 0.3) is 0 Å². The molecule has 0 aromatic carbocycles. The Balaban J connectivity index is 3.96. The molecule has 1 amide bonds. The van der Waals surface area contributed by atoms with Crippen LogP contribution < -0.4 is 10.2 Å². The molecule has 0 aliphatic heterocycles. The molecule has 86 heavy (non-hydrogen) atoms. The number of carbonyl (C=O) groups is 1. The number of nitrogens with one attached hydrogen (secondary N) is 1. The SMILES string of the molecule is CC/C=C\C/C=C\C/C=C\C/C=C\C/C=C\CCCCCCCCCCCCCCCCCCCCCCCCCCCC(=O)NC(COP(=O)([O-])OCC[N+](C)(C)C)C(O)/C=C/CC/C=C/CCCCCCCCCCCCCCCCCCC. The number of likely N-dealkylation sites (N-methyl/N-ethyl adjacent to an activating group) is 1. The topological polar surface area (TPSA) is 108 Å². The Morgan fingerprint density at radius 2 is 0.721 bits per heavy atom. The van der Waals surface area contributed by atoms with Crippen molar-refractivity contribution in [3.8, 4) is 0 Å². The van der Waals surface area contributed by atoms with Crippen LogP contribution in [0, 0.1) is 0 Å². The first-order chi connectivity index (χ1) is 42.0. The summed E-state index contributed by atoms with van der Waals surface area (Å²) in [6.07, 6.45) is 95.9. The number of rotatable bonds is 68. The quantitative estimate of drug-likeness (QED) is 0.0272. The second kappa shape index (κ2) is 67.1. The Bertz CT molecular complexity index is 1680. The van der Waals surface area contributed by atoms with Crippen molar-refractivity contribution in [3.05, 3.63) is 85.1 Å². The molecule has 0 bridgehead atoms. The van der Waals surface area contributed by atoms with Crippen LogP contribution in [-0.2, 0) is 18.4 Å². The summed E-state index contributed by atoms with van der Waals surface area (Å²) in [5, 5.41) is 13.9. The molecule has 0 radical (unpaired) electrons. The molecule has 9 heteroatoms. The molecule has 0 aromatic heterocycles. The van der Waals surface area contributed by atoms with E-state index in [4.69, 9.17) is 9.05 Å². The van der Waals surface area contributed by atoms with E-state index in [0.717, 1.165) is 70.6 Å². The standard InChI is InChI=1S/C77H143N2O6P/c1-6-8-10-12-14-16-18-20-22-24-26-28-30-31-32-33-34-35-36-37-38-39-40-41-42-43-44-45-46-47-49-51-53-55-57-59-61-63-65-67-69-71-77(81)78-75(74-85-86(82,83)84-73-72-79(3,4)5)76(80)70-68-66-64-62-60-58-56-54-52-50-48-29-27-25-23-21-19-17-15-13-11-9-7-2/h8,10,14,16,20,22,26,28,31-32,60,62,68,70,75-76,80H,6-7,9,11-13,15,17-19,21,23-25,27,29-30,33-59,61,63-67,69,71-74H2,1-5H3,(H-,78,81,82,83)/b10-8-,16-14-,22-20-,28-26-,32-31-,62-60+,70-68+. The van der Waals surface area contributed by atoms with Crippen molar-refractivity contribution in [2.24, 2.45) is 0 Å². The Kier molecular flexibility index (Phi) is 65.3. The van der Waals surface area contributed by atoms with E-state index in [1.807, 2.05) is 27.2 Å². The highest BCUT2D eigenvalue weighted by molar-refractivity contribution is 7.45. The summed E-state index contributed by atoms with van der Waals surface area (Å²) in [5.41, 5.74) is 0. The maximum absolute atomic E-state index is 13.0. The van der Waals surface area contributed by atoms with Crippen LogP contribution in [0.4, 0.5) is 0 Å². The molecule has 3 atom stereocenters. The van der Waals surface area contributed by atoms with Gasteiger partial charge in [0.25, 0.3) is 7.82 Å². The van der Waals surface area contributed by atoms with Crippen molar-refractivity contribution in [1.29, 1.82) is 0 Å². The molecular formula is C77H143N2O6P. The molecule has 3 unspecified atom stereocenters. The first kappa shape index (κ1) is 83.7. The van der Waals surface area contributed by atoms with Gasteiger partial charge in [-0.05, 0) is 77.0 Å². The molecule has 0 aliphatic carbocycles. The van der Waals surface area contributed by atoms with Crippen LogP contribution in [0.3, 0.4) is 0 Å². The number of nitrogens with zero attached hydrogens (tertiary/aromatic N) is 1. The van der Waals surface area contributed by atoms with E-state index < -0.39 is 26.6 Å². The third-order valence-electron chi connectivity index (χ3n) is 16.6. The largest absolute Gasteiger partial charge is 0.756 e. The minimum Gasteiger partial charge on any atom is -0.756 e. The molecule has 2 N–H and O–H groups in total. The van der Waals surface area contributed by atoms with E-state index in [2.05, 4.69) is 92.1 Å². The molecule has 0 saturated heterocycles. The molecule has 502 valence electrons. The molecule has 0 fully saturated rings. The van der Waals surface area contributed by atoms with E-state index in [1.165, 1.54) is 257 Å². The van der Waals surface area contributed by atoms with E-state index in [1.54, 1.807) is 6.08 Å². The number of unbranched alkanes of at least 4 members (excludes halogenated alkanes) is 43. The first-order valence-electron chi connectivity index (χ1n) is 36.9. The lowest BCUT2D eigenvalue weighted by Crippen LogP contribution is -2.45. The van der Waals surface area contributed by atoms with Gasteiger partial charge in [0.05, 0.1) is 39.9 Å². The van der Waals surface area contributed by atoms with Gasteiger partial charge in [0, 0.05) is 6.42 Å². The fourth-order valence-corrected chi connectivity index (χ4v) is 11.6. The number of amides is 1. The monoisotopic (exact) mass is 1220 g/mol. The Morgan fingerprint density at radius 3 is 1.08 bits per heavy atom. The molecule has 0 spiro atoms. The van der Waals surface area contributed by atoms with Crippen molar-refractivity contribution in [2.75, 3.05) is 40.9 Å². The third kappa shape index (κ3) is 69.2. The van der Waals surface area contributed by atoms with Gasteiger partial charge < -0.3 is 28.8 Å². The maximum Gasteiger partial charge on any atom is 0.268 e. The molecule has 0 aliphatic rings. The van der Waals surface area contributed by atoms with Crippen LogP contribution in [0.15, 0.2) is 85.1 Å². The van der Waals surface area contributed by atoms with Gasteiger partial charge in [0.15, 0.2) is 0 Å². The fraction of sp³-hybridized carbons (Fsp3) is 0.805. The smallest absolute Gasteiger partial charge is 0.268 e. The van der Waals surface area contributed by atoms with Crippen LogP contribution >= 0.6 is 7.82 Å². The first-order valence-corrected chi connectivity index (χ1v) is 38.4. The van der Waals surface area contributed by atoms with Gasteiger partial charge in [0.2, 0.25) is 5.91 Å². The number of phosphoric ester groups is 1. The zero-order chi connectivity index (χ0) is 62.6. The number of hydrogen-bond donors (Lipinski definition) is 2. The van der Waals surface area contributed by atoms with Crippen molar-refractivity contribution < 1.29 is 32.9 Å². The van der Waals surface area contributed by atoms with Crippen molar-refractivity contribution in [1.82, 2.24) is 5.32 Å². The lowest BCUT2D eigenvalue weighted by atomic mass is 10.0. The molecular weight excluding hydrogens is 1080 g/mol. The van der Waals surface area contributed by atoms with Gasteiger partial charge in [0.1, 0.15) is 13.2 Å². The summed E-state index contributed by atoms with van der Waals surface area (Å²) in [7, 11) is 1.25. The van der Waals surface area contributed by atoms with Gasteiger partial charge in [-0.1, -0.05) is 349 Å². The molecule has 0 aromatic rings. The zero-order valence-corrected chi connectivity index (χ0v) is 58.4. The van der Waals surface area contributed by atoms with E-state index in [0.29, 0.717) is 17.4 Å². The van der Waals surface area contributed by atoms with Crippen molar-refractivity contribution in [2.45, 2.75) is 360 Å². The Morgan fingerprint density at radius 1 is 0.419 bits per heavy atom. The van der Waals surface area contributed by atoms with Gasteiger partial charge in [-0.25, -0.2) is 0 Å². The third-order valence-corrected chi connectivity index (χ3v) is 17.6. The molecule has 0 rings (SSSR count). The second-order valence-corrected chi connectivity index (χ2v) is 27.7. The second-order valence-electron chi connectivity index (χ2n) is 26.3. The van der Waals surface area contributed by atoms with E-state index in [-0.39, 0.29) is 12.5 Å². The van der Waals surface area contributed by atoms with Crippen molar-refractivity contribution in [3.63, 3.8) is 0 Å². The summed E-state index contributed by atoms with van der Waals surface area (Å²) in [4.78, 5) is 25.6. The average Bonchev–Trinajstić information content (AvgIpc) is 3.70. The van der Waals surface area contributed by atoms with Crippen LogP contribution in [0.1, 0.15) is 348 Å². The number of quaternary nitrogens is 1. The zero-order valence-electron chi connectivity index (χ0n) is 57.5. The number of aliphatic hydroxyl groups excluding tert-OH is 1. The van der Waals surface area contributed by atoms with Gasteiger partial charge >= 0.3 is 0 Å². The highest BCUT2D eigenvalue weighted by atomic mass is 31.2. The lowest BCUT2D eigenvalue weighted by Gasteiger charge is -2.29. The summed E-state index contributed by atoms with van der Waals surface area (Å²) in [5.74, 6) is -0.202.